The summed E-state index contributed by atoms with van der Waals surface area (Å²) >= 11 is 0. The SMILES string of the molecule is O=CN1CCC(c2[nH]ncc2CNCCNc2ccc(C(F)(F)F)cn2)CC1. The predicted octanol–water partition coefficient (Wildman–Crippen LogP) is 2.36. The summed E-state index contributed by atoms with van der Waals surface area (Å²) in [5.41, 5.74) is 1.44. The Hall–Kier alpha value is -2.62. The van der Waals surface area contributed by atoms with Gasteiger partial charge in [-0.25, -0.2) is 4.98 Å². The molecule has 0 aliphatic carbocycles. The zero-order valence-electron chi connectivity index (χ0n) is 15.3. The molecule has 7 nitrogen and oxygen atoms in total. The molecule has 1 amide bonds. The lowest BCUT2D eigenvalue weighted by Crippen LogP contribution is -2.32. The second-order valence-electron chi connectivity index (χ2n) is 6.76. The minimum atomic E-state index is -4.38. The fraction of sp³-hybridized carbons (Fsp3) is 0.500. The quantitative estimate of drug-likeness (QED) is 0.471. The maximum absolute atomic E-state index is 12.5. The summed E-state index contributed by atoms with van der Waals surface area (Å²) in [5.74, 6) is 0.769. The normalized spacial score (nSPS) is 15.6. The van der Waals surface area contributed by atoms with Crippen molar-refractivity contribution in [2.24, 2.45) is 0 Å². The number of carbonyl (C=O) groups excluding carboxylic acids is 1. The molecular weight excluding hydrogens is 373 g/mol. The van der Waals surface area contributed by atoms with Crippen molar-refractivity contribution < 1.29 is 18.0 Å². The molecule has 10 heteroatoms. The number of nitrogens with one attached hydrogen (secondary N) is 3. The van der Waals surface area contributed by atoms with Gasteiger partial charge in [-0.2, -0.15) is 18.3 Å². The molecule has 28 heavy (non-hydrogen) atoms. The zero-order chi connectivity index (χ0) is 20.0. The fourth-order valence-corrected chi connectivity index (χ4v) is 3.28. The molecule has 0 spiro atoms. The summed E-state index contributed by atoms with van der Waals surface area (Å²) in [6, 6.07) is 2.33. The highest BCUT2D eigenvalue weighted by Gasteiger charge is 2.30. The summed E-state index contributed by atoms with van der Waals surface area (Å²) in [4.78, 5) is 16.4. The Balaban J connectivity index is 1.40. The van der Waals surface area contributed by atoms with E-state index in [1.165, 1.54) is 6.07 Å². The first kappa shape index (κ1) is 20.1. The van der Waals surface area contributed by atoms with E-state index in [0.717, 1.165) is 55.9 Å². The Bertz CT molecular complexity index is 753. The smallest absolute Gasteiger partial charge is 0.369 e. The number of alkyl halides is 3. The van der Waals surface area contributed by atoms with Crippen molar-refractivity contribution in [3.63, 3.8) is 0 Å². The second kappa shape index (κ2) is 9.05. The number of carbonyl (C=O) groups is 1. The lowest BCUT2D eigenvalue weighted by Gasteiger charge is -2.29. The fourth-order valence-electron chi connectivity index (χ4n) is 3.28. The molecule has 0 saturated carbocycles. The molecule has 152 valence electrons. The van der Waals surface area contributed by atoms with Crippen LogP contribution in [-0.2, 0) is 17.5 Å². The molecule has 3 rings (SSSR count). The highest BCUT2D eigenvalue weighted by Crippen LogP contribution is 2.29. The Morgan fingerprint density at radius 1 is 1.21 bits per heavy atom. The van der Waals surface area contributed by atoms with E-state index in [1.807, 2.05) is 0 Å². The molecule has 0 unspecified atom stereocenters. The number of anilines is 1. The molecule has 2 aromatic heterocycles. The van der Waals surface area contributed by atoms with E-state index in [-0.39, 0.29) is 0 Å². The molecule has 3 heterocycles. The number of hydrogen-bond acceptors (Lipinski definition) is 5. The second-order valence-corrected chi connectivity index (χ2v) is 6.76. The monoisotopic (exact) mass is 396 g/mol. The number of piperidine rings is 1. The van der Waals surface area contributed by atoms with E-state index >= 15 is 0 Å². The maximum Gasteiger partial charge on any atom is 0.417 e. The topological polar surface area (TPSA) is 85.9 Å². The molecule has 0 aromatic carbocycles. The minimum absolute atomic E-state index is 0.366. The summed E-state index contributed by atoms with van der Waals surface area (Å²) in [6.07, 6.45) is 0.969. The number of aromatic nitrogens is 3. The van der Waals surface area contributed by atoms with E-state index in [0.29, 0.717) is 31.4 Å². The van der Waals surface area contributed by atoms with Crippen LogP contribution in [0.15, 0.2) is 24.5 Å². The summed E-state index contributed by atoms with van der Waals surface area (Å²) in [7, 11) is 0. The first-order chi connectivity index (χ1) is 13.5. The molecule has 1 saturated heterocycles. The Morgan fingerprint density at radius 3 is 2.64 bits per heavy atom. The van der Waals surface area contributed by atoms with Gasteiger partial charge in [-0.1, -0.05) is 0 Å². The molecule has 0 bridgehead atoms. The zero-order valence-corrected chi connectivity index (χ0v) is 15.3. The third-order valence-electron chi connectivity index (χ3n) is 4.85. The van der Waals surface area contributed by atoms with Crippen molar-refractivity contribution in [2.75, 3.05) is 31.5 Å². The Morgan fingerprint density at radius 2 is 2.00 bits per heavy atom. The lowest BCUT2D eigenvalue weighted by atomic mass is 9.91. The lowest BCUT2D eigenvalue weighted by molar-refractivity contribution is -0.137. The number of hydrogen-bond donors (Lipinski definition) is 3. The summed E-state index contributed by atoms with van der Waals surface area (Å²) in [6.45, 7) is 3.30. The Labute approximate surface area is 160 Å². The van der Waals surface area contributed by atoms with Crippen molar-refractivity contribution in [1.82, 2.24) is 25.4 Å². The van der Waals surface area contributed by atoms with E-state index in [4.69, 9.17) is 0 Å². The number of aromatic amines is 1. The minimum Gasteiger partial charge on any atom is -0.369 e. The largest absolute Gasteiger partial charge is 0.417 e. The third-order valence-corrected chi connectivity index (χ3v) is 4.85. The van der Waals surface area contributed by atoms with Crippen LogP contribution < -0.4 is 10.6 Å². The van der Waals surface area contributed by atoms with Gasteiger partial charge in [0.1, 0.15) is 5.82 Å². The van der Waals surface area contributed by atoms with Gasteiger partial charge in [-0.15, -0.1) is 0 Å². The van der Waals surface area contributed by atoms with E-state index in [2.05, 4.69) is 25.8 Å². The van der Waals surface area contributed by atoms with Crippen LogP contribution in [0, 0.1) is 0 Å². The van der Waals surface area contributed by atoms with Crippen molar-refractivity contribution in [3.05, 3.63) is 41.3 Å². The van der Waals surface area contributed by atoms with Crippen LogP contribution >= 0.6 is 0 Å². The van der Waals surface area contributed by atoms with Gasteiger partial charge in [0.15, 0.2) is 0 Å². The number of nitrogens with zero attached hydrogens (tertiary/aromatic N) is 3. The highest BCUT2D eigenvalue weighted by molar-refractivity contribution is 5.47. The average Bonchev–Trinajstić information content (AvgIpc) is 3.16. The van der Waals surface area contributed by atoms with Crippen LogP contribution in [0.4, 0.5) is 19.0 Å². The molecule has 3 N–H and O–H groups in total. The number of amides is 1. The van der Waals surface area contributed by atoms with Crippen LogP contribution in [0.1, 0.15) is 35.6 Å². The highest BCUT2D eigenvalue weighted by atomic mass is 19.4. The average molecular weight is 396 g/mol. The molecular formula is C18H23F3N6O. The number of pyridine rings is 1. The molecule has 1 aliphatic heterocycles. The van der Waals surface area contributed by atoms with Gasteiger partial charge in [0.2, 0.25) is 6.41 Å². The van der Waals surface area contributed by atoms with Gasteiger partial charge in [0, 0.05) is 56.1 Å². The van der Waals surface area contributed by atoms with Crippen molar-refractivity contribution in [1.29, 1.82) is 0 Å². The molecule has 2 aromatic rings. The van der Waals surface area contributed by atoms with Gasteiger partial charge in [0.05, 0.1) is 11.8 Å². The van der Waals surface area contributed by atoms with Gasteiger partial charge in [-0.3, -0.25) is 9.89 Å². The first-order valence-corrected chi connectivity index (χ1v) is 9.16. The summed E-state index contributed by atoms with van der Waals surface area (Å²) < 4.78 is 37.5. The molecule has 0 atom stereocenters. The van der Waals surface area contributed by atoms with Crippen molar-refractivity contribution in [2.45, 2.75) is 31.5 Å². The number of halogens is 3. The first-order valence-electron chi connectivity index (χ1n) is 9.16. The van der Waals surface area contributed by atoms with Gasteiger partial charge in [-0.05, 0) is 25.0 Å². The van der Waals surface area contributed by atoms with Gasteiger partial charge < -0.3 is 15.5 Å². The van der Waals surface area contributed by atoms with Crippen LogP contribution in [0.5, 0.6) is 0 Å². The van der Waals surface area contributed by atoms with Crippen LogP contribution in [-0.4, -0.2) is 52.7 Å². The maximum atomic E-state index is 12.5. The standard InChI is InChI=1S/C18H23F3N6O/c19-18(20,21)15-1-2-16(24-11-15)23-6-5-22-9-14-10-25-26-17(14)13-3-7-27(12-28)8-4-13/h1-2,10-13,22H,3-9H2,(H,23,24)(H,25,26). The van der Waals surface area contributed by atoms with E-state index in [1.54, 1.807) is 11.1 Å². The number of H-pyrrole nitrogens is 1. The van der Waals surface area contributed by atoms with E-state index < -0.39 is 11.7 Å². The molecule has 0 radical (unpaired) electrons. The van der Waals surface area contributed by atoms with Crippen LogP contribution in [0.2, 0.25) is 0 Å². The van der Waals surface area contributed by atoms with Crippen LogP contribution in [0.25, 0.3) is 0 Å². The predicted molar refractivity (Wildman–Crippen MR) is 97.6 cm³/mol. The van der Waals surface area contributed by atoms with Gasteiger partial charge >= 0.3 is 6.18 Å². The van der Waals surface area contributed by atoms with E-state index in [9.17, 15) is 18.0 Å². The molecule has 1 aliphatic rings. The van der Waals surface area contributed by atoms with Gasteiger partial charge in [0.25, 0.3) is 0 Å². The summed E-state index contributed by atoms with van der Waals surface area (Å²) in [5, 5.41) is 13.5. The van der Waals surface area contributed by atoms with Crippen LogP contribution in [0.3, 0.4) is 0 Å². The molecule has 1 fully saturated rings. The van der Waals surface area contributed by atoms with Crippen molar-refractivity contribution in [3.8, 4) is 0 Å². The number of rotatable bonds is 8. The third kappa shape index (κ3) is 5.22. The number of likely N-dealkylation sites (tertiary alicyclic amines) is 1. The Kier molecular flexibility index (Phi) is 6.50. The van der Waals surface area contributed by atoms with Crippen molar-refractivity contribution >= 4 is 12.2 Å².